The van der Waals surface area contributed by atoms with Gasteiger partial charge in [-0.25, -0.2) is 0 Å². The molecule has 1 fully saturated rings. The Balaban J connectivity index is 2.18. The lowest BCUT2D eigenvalue weighted by Gasteiger charge is -2.49. The Labute approximate surface area is 151 Å². The Bertz CT molecular complexity index is 737. The summed E-state index contributed by atoms with van der Waals surface area (Å²) in [5.41, 5.74) is 4.66. The molecule has 0 amide bonds. The van der Waals surface area contributed by atoms with Gasteiger partial charge in [-0.3, -0.25) is 0 Å². The standard InChI is InChI=1S/C23H30O2/c1-15-12-18(6-8-20(15)24)23(11-10-22(4,5)17(3)14-23)19-7-9-21(25)16(2)13-19/h6-9,12-13,17,24-25H,10-11,14H2,1-5H3. The second kappa shape index (κ2) is 6.09. The lowest BCUT2D eigenvalue weighted by molar-refractivity contribution is 0.107. The maximum absolute atomic E-state index is 9.98. The van der Waals surface area contributed by atoms with Crippen LogP contribution in [0.25, 0.3) is 0 Å². The lowest BCUT2D eigenvalue weighted by atomic mass is 9.55. The summed E-state index contributed by atoms with van der Waals surface area (Å²) < 4.78 is 0. The third-order valence-electron chi connectivity index (χ3n) is 6.68. The number of benzene rings is 2. The minimum absolute atomic E-state index is 0.0636. The summed E-state index contributed by atoms with van der Waals surface area (Å²) in [4.78, 5) is 0. The number of phenolic OH excluding ortho intramolecular Hbond substituents is 2. The molecular weight excluding hydrogens is 308 g/mol. The molecule has 0 aliphatic heterocycles. The third kappa shape index (κ3) is 3.03. The highest BCUT2D eigenvalue weighted by Crippen LogP contribution is 2.53. The van der Waals surface area contributed by atoms with Crippen LogP contribution < -0.4 is 0 Å². The van der Waals surface area contributed by atoms with Crippen molar-refractivity contribution < 1.29 is 10.2 Å². The molecule has 0 bridgehead atoms. The van der Waals surface area contributed by atoms with Gasteiger partial charge in [0.25, 0.3) is 0 Å². The summed E-state index contributed by atoms with van der Waals surface area (Å²) >= 11 is 0. The summed E-state index contributed by atoms with van der Waals surface area (Å²) in [7, 11) is 0. The summed E-state index contributed by atoms with van der Waals surface area (Å²) in [6, 6.07) is 12.1. The maximum atomic E-state index is 9.98. The van der Waals surface area contributed by atoms with E-state index in [-0.39, 0.29) is 5.41 Å². The molecule has 2 N–H and O–H groups in total. The van der Waals surface area contributed by atoms with E-state index in [4.69, 9.17) is 0 Å². The molecule has 1 saturated carbocycles. The van der Waals surface area contributed by atoms with E-state index < -0.39 is 0 Å². The molecule has 1 unspecified atom stereocenters. The Hall–Kier alpha value is -1.96. The molecule has 1 atom stereocenters. The normalized spacial score (nSPS) is 21.9. The van der Waals surface area contributed by atoms with Crippen LogP contribution in [0.4, 0.5) is 0 Å². The van der Waals surface area contributed by atoms with Crippen molar-refractivity contribution in [1.82, 2.24) is 0 Å². The van der Waals surface area contributed by atoms with Gasteiger partial charge in [-0.2, -0.15) is 0 Å². The fraction of sp³-hybridized carbons (Fsp3) is 0.478. The first kappa shape index (κ1) is 17.8. The predicted molar refractivity (Wildman–Crippen MR) is 103 cm³/mol. The van der Waals surface area contributed by atoms with Crippen LogP contribution >= 0.6 is 0 Å². The van der Waals surface area contributed by atoms with E-state index in [9.17, 15) is 10.2 Å². The first-order chi connectivity index (χ1) is 11.7. The quantitative estimate of drug-likeness (QED) is 0.721. The second-order valence-corrected chi connectivity index (χ2v) is 8.68. The van der Waals surface area contributed by atoms with Crippen molar-refractivity contribution in [3.8, 4) is 11.5 Å². The van der Waals surface area contributed by atoms with Gasteiger partial charge < -0.3 is 10.2 Å². The van der Waals surface area contributed by atoms with Gasteiger partial charge in [-0.15, -0.1) is 0 Å². The Kier molecular flexibility index (Phi) is 4.35. The number of phenols is 2. The molecule has 2 heteroatoms. The zero-order valence-electron chi connectivity index (χ0n) is 16.1. The number of hydrogen-bond acceptors (Lipinski definition) is 2. The van der Waals surface area contributed by atoms with Crippen LogP contribution in [0.1, 0.15) is 62.3 Å². The van der Waals surface area contributed by atoms with Crippen molar-refractivity contribution in [2.45, 2.75) is 59.3 Å². The van der Waals surface area contributed by atoms with E-state index in [0.29, 0.717) is 22.8 Å². The molecule has 25 heavy (non-hydrogen) atoms. The lowest BCUT2D eigenvalue weighted by Crippen LogP contribution is -2.41. The van der Waals surface area contributed by atoms with Crippen molar-refractivity contribution in [2.75, 3.05) is 0 Å². The zero-order chi connectivity index (χ0) is 18.4. The molecule has 0 aromatic heterocycles. The molecule has 1 aliphatic carbocycles. The van der Waals surface area contributed by atoms with Crippen LogP contribution in [-0.4, -0.2) is 10.2 Å². The average Bonchev–Trinajstić information content (AvgIpc) is 2.55. The number of aryl methyl sites for hydroxylation is 2. The summed E-state index contributed by atoms with van der Waals surface area (Å²) in [5, 5.41) is 20.0. The third-order valence-corrected chi connectivity index (χ3v) is 6.68. The molecule has 3 rings (SSSR count). The topological polar surface area (TPSA) is 40.5 Å². The second-order valence-electron chi connectivity index (χ2n) is 8.68. The molecule has 134 valence electrons. The highest BCUT2D eigenvalue weighted by Gasteiger charge is 2.45. The molecule has 1 aliphatic rings. The molecule has 2 aromatic carbocycles. The molecule has 0 saturated heterocycles. The van der Waals surface area contributed by atoms with E-state index in [0.717, 1.165) is 30.4 Å². The highest BCUT2D eigenvalue weighted by atomic mass is 16.3. The molecule has 2 aromatic rings. The molecule has 2 nitrogen and oxygen atoms in total. The molecule has 0 spiro atoms. The number of hydrogen-bond donors (Lipinski definition) is 2. The Morgan fingerprint density at radius 3 is 1.72 bits per heavy atom. The largest absolute Gasteiger partial charge is 0.508 e. The SMILES string of the molecule is Cc1cc(C2(c3ccc(O)c(C)c3)CCC(C)(C)C(C)C2)ccc1O. The van der Waals surface area contributed by atoms with E-state index in [1.54, 1.807) is 0 Å². The fourth-order valence-corrected chi connectivity index (χ4v) is 4.28. The van der Waals surface area contributed by atoms with Crippen molar-refractivity contribution in [3.63, 3.8) is 0 Å². The van der Waals surface area contributed by atoms with E-state index in [1.165, 1.54) is 11.1 Å². The maximum Gasteiger partial charge on any atom is 0.118 e. The Morgan fingerprint density at radius 1 is 0.840 bits per heavy atom. The molecular formula is C23H30O2. The highest BCUT2D eigenvalue weighted by molar-refractivity contribution is 5.48. The van der Waals surface area contributed by atoms with Crippen molar-refractivity contribution >= 4 is 0 Å². The van der Waals surface area contributed by atoms with Gasteiger partial charge in [0.1, 0.15) is 11.5 Å². The fourth-order valence-electron chi connectivity index (χ4n) is 4.28. The minimum atomic E-state index is -0.0636. The van der Waals surface area contributed by atoms with Crippen LogP contribution in [-0.2, 0) is 5.41 Å². The van der Waals surface area contributed by atoms with Crippen molar-refractivity contribution in [2.24, 2.45) is 11.3 Å². The van der Waals surface area contributed by atoms with Crippen LogP contribution in [0.15, 0.2) is 36.4 Å². The minimum Gasteiger partial charge on any atom is -0.508 e. The molecule has 0 heterocycles. The summed E-state index contributed by atoms with van der Waals surface area (Å²) in [6.07, 6.45) is 3.32. The van der Waals surface area contributed by atoms with Gasteiger partial charge in [-0.1, -0.05) is 45.0 Å². The first-order valence-electron chi connectivity index (χ1n) is 9.26. The summed E-state index contributed by atoms with van der Waals surface area (Å²) in [6.45, 7) is 11.0. The van der Waals surface area contributed by atoms with Gasteiger partial charge in [0, 0.05) is 5.41 Å². The van der Waals surface area contributed by atoms with Crippen LogP contribution in [0.2, 0.25) is 0 Å². The van der Waals surface area contributed by atoms with Gasteiger partial charge in [0.2, 0.25) is 0 Å². The summed E-state index contributed by atoms with van der Waals surface area (Å²) in [5.74, 6) is 1.29. The van der Waals surface area contributed by atoms with Gasteiger partial charge in [0.05, 0.1) is 0 Å². The zero-order valence-corrected chi connectivity index (χ0v) is 16.1. The average molecular weight is 338 g/mol. The smallest absolute Gasteiger partial charge is 0.118 e. The molecule has 0 radical (unpaired) electrons. The van der Waals surface area contributed by atoms with Gasteiger partial charge in [-0.05, 0) is 78.8 Å². The van der Waals surface area contributed by atoms with Crippen LogP contribution in [0.3, 0.4) is 0 Å². The van der Waals surface area contributed by atoms with Gasteiger partial charge in [0.15, 0.2) is 0 Å². The Morgan fingerprint density at radius 2 is 1.32 bits per heavy atom. The predicted octanol–water partition coefficient (Wildman–Crippen LogP) is 5.85. The van der Waals surface area contributed by atoms with Crippen molar-refractivity contribution in [1.29, 1.82) is 0 Å². The van der Waals surface area contributed by atoms with Crippen LogP contribution in [0.5, 0.6) is 11.5 Å². The van der Waals surface area contributed by atoms with E-state index in [1.807, 2.05) is 26.0 Å². The number of aromatic hydroxyl groups is 2. The van der Waals surface area contributed by atoms with Gasteiger partial charge >= 0.3 is 0 Å². The van der Waals surface area contributed by atoms with Crippen LogP contribution in [0, 0.1) is 25.2 Å². The monoisotopic (exact) mass is 338 g/mol. The van der Waals surface area contributed by atoms with Crippen molar-refractivity contribution in [3.05, 3.63) is 58.7 Å². The van der Waals surface area contributed by atoms with E-state index >= 15 is 0 Å². The van der Waals surface area contributed by atoms with E-state index in [2.05, 4.69) is 45.0 Å². The number of rotatable bonds is 2. The first-order valence-corrected chi connectivity index (χ1v) is 9.26.